The van der Waals surface area contributed by atoms with E-state index in [1.807, 2.05) is 0 Å². The Morgan fingerprint density at radius 2 is 1.06 bits per heavy atom. The summed E-state index contributed by atoms with van der Waals surface area (Å²) in [6.45, 7) is 12.0. The predicted molar refractivity (Wildman–Crippen MR) is 147 cm³/mol. The SMILES string of the molecule is CC1=Cc2c(C)cccc2[CH]1[Zr]([CH]1C(C)=Cc2c(C)cccc21)=[Si](C)c1ccccc1.Cl.Cl. The van der Waals surface area contributed by atoms with Crippen molar-refractivity contribution >= 4 is 47.6 Å². The van der Waals surface area contributed by atoms with Gasteiger partial charge in [-0.3, -0.25) is 0 Å². The van der Waals surface area contributed by atoms with Crippen molar-refractivity contribution < 1.29 is 20.4 Å². The Morgan fingerprint density at radius 3 is 1.52 bits per heavy atom. The number of hydrogen-bond donors (Lipinski definition) is 0. The van der Waals surface area contributed by atoms with Gasteiger partial charge < -0.3 is 0 Å². The van der Waals surface area contributed by atoms with E-state index in [0.29, 0.717) is 7.25 Å². The fourth-order valence-corrected chi connectivity index (χ4v) is 28.7. The predicted octanol–water partition coefficient (Wildman–Crippen LogP) is 7.91. The second-order valence-electron chi connectivity index (χ2n) is 9.24. The van der Waals surface area contributed by atoms with Crippen molar-refractivity contribution in [1.82, 2.24) is 0 Å². The molecular formula is C29H32Cl2SiZr. The molecule has 0 aromatic heterocycles. The van der Waals surface area contributed by atoms with Crippen LogP contribution >= 0.6 is 24.8 Å². The molecule has 2 aliphatic rings. The van der Waals surface area contributed by atoms with Crippen LogP contribution in [0.25, 0.3) is 12.2 Å². The summed E-state index contributed by atoms with van der Waals surface area (Å²) in [7, 11) is 0. The van der Waals surface area contributed by atoms with Crippen molar-refractivity contribution in [3.05, 3.63) is 111 Å². The summed E-state index contributed by atoms with van der Waals surface area (Å²) in [5.74, 6) is 0. The molecule has 0 radical (unpaired) electrons. The van der Waals surface area contributed by atoms with E-state index in [0.717, 1.165) is 0 Å². The van der Waals surface area contributed by atoms with Crippen molar-refractivity contribution in [2.45, 2.75) is 41.5 Å². The second-order valence-corrected chi connectivity index (χ2v) is 25.1. The molecule has 0 saturated heterocycles. The maximum Gasteiger partial charge on any atom is -0.147 e. The van der Waals surface area contributed by atoms with Gasteiger partial charge in [-0.05, 0) is 0 Å². The first-order valence-electron chi connectivity index (χ1n) is 11.3. The van der Waals surface area contributed by atoms with Crippen LogP contribution in [-0.2, 0) is 20.4 Å². The van der Waals surface area contributed by atoms with Crippen LogP contribution < -0.4 is 5.19 Å². The van der Waals surface area contributed by atoms with Gasteiger partial charge in [-0.15, -0.1) is 24.8 Å². The van der Waals surface area contributed by atoms with E-state index in [9.17, 15) is 0 Å². The number of fused-ring (bicyclic) bond motifs is 2. The monoisotopic (exact) mass is 568 g/mol. The zero-order valence-corrected chi connectivity index (χ0v) is 25.1. The molecule has 0 nitrogen and oxygen atoms in total. The largest absolute Gasteiger partial charge is 0.147 e. The van der Waals surface area contributed by atoms with E-state index < -0.39 is 25.8 Å². The van der Waals surface area contributed by atoms with Crippen LogP contribution in [0.4, 0.5) is 0 Å². The molecule has 3 aromatic carbocycles. The maximum atomic E-state index is 2.64. The molecule has 0 amide bonds. The van der Waals surface area contributed by atoms with E-state index in [1.54, 1.807) is 27.5 Å². The summed E-state index contributed by atoms with van der Waals surface area (Å²) in [4.78, 5) is 0. The van der Waals surface area contributed by atoms with Crippen molar-refractivity contribution in [3.8, 4) is 0 Å². The molecule has 0 N–H and O–H groups in total. The third-order valence-corrected chi connectivity index (χ3v) is 28.1. The first-order chi connectivity index (χ1) is 15.0. The molecule has 0 spiro atoms. The number of halogens is 2. The van der Waals surface area contributed by atoms with Crippen LogP contribution in [0, 0.1) is 13.8 Å². The summed E-state index contributed by atoms with van der Waals surface area (Å²) >= 11 is -2.12. The van der Waals surface area contributed by atoms with Crippen LogP contribution in [0.2, 0.25) is 6.55 Å². The van der Waals surface area contributed by atoms with Gasteiger partial charge >= 0.3 is 196 Å². The standard InChI is InChI=1S/2C11H11.C7H8Si.2ClH.Zr/c2*1-8-6-10-5-3-4-9(2)11(10)7-8;1-8-7-5-3-2-4-6-7;;;/h2*3-7H,1-2H3;2-6H,1H3;2*1H;. The summed E-state index contributed by atoms with van der Waals surface area (Å²) < 4.78 is 1.35. The van der Waals surface area contributed by atoms with Gasteiger partial charge in [0.15, 0.2) is 0 Å². The van der Waals surface area contributed by atoms with Crippen LogP contribution in [0.3, 0.4) is 0 Å². The summed E-state index contributed by atoms with van der Waals surface area (Å²) in [5.41, 5.74) is 11.7. The Labute approximate surface area is 219 Å². The van der Waals surface area contributed by atoms with Gasteiger partial charge in [-0.25, -0.2) is 0 Å². The molecule has 170 valence electrons. The zero-order chi connectivity index (χ0) is 21.7. The number of hydrogen-bond acceptors (Lipinski definition) is 0. The molecule has 3 aromatic rings. The summed E-state index contributed by atoms with van der Waals surface area (Å²) in [5, 5.41) is 1.63. The van der Waals surface area contributed by atoms with Crippen molar-refractivity contribution in [2.24, 2.45) is 0 Å². The topological polar surface area (TPSA) is 0 Å². The van der Waals surface area contributed by atoms with Gasteiger partial charge in [-0.2, -0.15) is 0 Å². The fourth-order valence-electron chi connectivity index (χ4n) is 5.70. The molecular weight excluding hydrogens is 539 g/mol. The van der Waals surface area contributed by atoms with Gasteiger partial charge in [0, 0.05) is 0 Å². The van der Waals surface area contributed by atoms with Crippen LogP contribution in [0.15, 0.2) is 77.9 Å². The number of benzene rings is 3. The number of aryl methyl sites for hydroxylation is 2. The van der Waals surface area contributed by atoms with Crippen molar-refractivity contribution in [3.63, 3.8) is 0 Å². The van der Waals surface area contributed by atoms with Gasteiger partial charge in [0.05, 0.1) is 0 Å². The van der Waals surface area contributed by atoms with Crippen molar-refractivity contribution in [2.75, 3.05) is 0 Å². The molecule has 4 heteroatoms. The maximum absolute atomic E-state index is 2.64. The number of rotatable bonds is 3. The first-order valence-corrected chi connectivity index (χ1v) is 19.8. The Kier molecular flexibility index (Phi) is 8.50. The first kappa shape index (κ1) is 26.4. The van der Waals surface area contributed by atoms with Crippen LogP contribution in [0.1, 0.15) is 54.5 Å². The van der Waals surface area contributed by atoms with Gasteiger partial charge in [0.2, 0.25) is 0 Å². The second kappa shape index (κ2) is 10.6. The Balaban J connectivity index is 0.00000153. The van der Waals surface area contributed by atoms with Gasteiger partial charge in [-0.1, -0.05) is 0 Å². The van der Waals surface area contributed by atoms with E-state index >= 15 is 0 Å². The quantitative estimate of drug-likeness (QED) is 0.281. The Bertz CT molecular complexity index is 1210. The summed E-state index contributed by atoms with van der Waals surface area (Å²) in [6, 6.07) is 25.5. The van der Waals surface area contributed by atoms with E-state index in [1.165, 1.54) is 22.3 Å². The molecule has 5 rings (SSSR count). The molecule has 0 heterocycles. The van der Waals surface area contributed by atoms with Gasteiger partial charge in [0.25, 0.3) is 0 Å². The zero-order valence-electron chi connectivity index (χ0n) is 20.0. The number of allylic oxidation sites excluding steroid dienone is 2. The minimum Gasteiger partial charge on any atom is -0.147 e. The molecule has 2 aliphatic carbocycles. The van der Waals surface area contributed by atoms with E-state index in [2.05, 4.69) is 113 Å². The summed E-state index contributed by atoms with van der Waals surface area (Å²) in [6.07, 6.45) is 5.03. The molecule has 2 unspecified atom stereocenters. The molecule has 2 atom stereocenters. The normalized spacial score (nSPS) is 17.7. The van der Waals surface area contributed by atoms with Gasteiger partial charge in [0.1, 0.15) is 0 Å². The van der Waals surface area contributed by atoms with Crippen LogP contribution in [-0.4, -0.2) is 5.43 Å². The minimum atomic E-state index is -2.12. The minimum absolute atomic E-state index is 0. The molecule has 33 heavy (non-hydrogen) atoms. The van der Waals surface area contributed by atoms with Crippen LogP contribution in [0.5, 0.6) is 0 Å². The average Bonchev–Trinajstić information content (AvgIpc) is 3.28. The Morgan fingerprint density at radius 1 is 0.606 bits per heavy atom. The molecule has 0 bridgehead atoms. The molecule has 0 fully saturated rings. The van der Waals surface area contributed by atoms with E-state index in [-0.39, 0.29) is 24.8 Å². The molecule has 0 aliphatic heterocycles. The van der Waals surface area contributed by atoms with Crippen molar-refractivity contribution in [1.29, 1.82) is 0 Å². The van der Waals surface area contributed by atoms with E-state index in [4.69, 9.17) is 0 Å². The smallest absolute Gasteiger partial charge is 0.147 e. The Hall–Kier alpha value is -1.18. The average molecular weight is 571 g/mol. The third-order valence-electron chi connectivity index (χ3n) is 7.25. The fraction of sp³-hybridized carbons (Fsp3) is 0.241. The molecule has 0 saturated carbocycles. The third kappa shape index (κ3) is 4.57.